The molecule has 16 heavy (non-hydrogen) atoms. The SMILES string of the molecule is Cc1ccc(S(=O)(=O)OC[C@H](O)CCl)cc1. The molecular weight excluding hydrogens is 252 g/mol. The summed E-state index contributed by atoms with van der Waals surface area (Å²) < 4.78 is 27.8. The second-order valence-electron chi connectivity index (χ2n) is 3.36. The molecule has 6 heteroatoms. The molecule has 0 fully saturated rings. The summed E-state index contributed by atoms with van der Waals surface area (Å²) in [6.45, 7) is 1.52. The highest BCUT2D eigenvalue weighted by molar-refractivity contribution is 7.86. The van der Waals surface area contributed by atoms with Crippen LogP contribution in [0.1, 0.15) is 5.56 Å². The molecule has 0 aliphatic carbocycles. The van der Waals surface area contributed by atoms with E-state index in [-0.39, 0.29) is 17.4 Å². The zero-order valence-corrected chi connectivity index (χ0v) is 10.3. The fourth-order valence-electron chi connectivity index (χ4n) is 0.986. The van der Waals surface area contributed by atoms with Crippen LogP contribution in [0, 0.1) is 6.92 Å². The number of halogens is 1. The van der Waals surface area contributed by atoms with Crippen LogP contribution < -0.4 is 0 Å². The van der Waals surface area contributed by atoms with Crippen molar-refractivity contribution in [2.45, 2.75) is 17.9 Å². The fourth-order valence-corrected chi connectivity index (χ4v) is 2.02. The van der Waals surface area contributed by atoms with Crippen molar-refractivity contribution in [3.63, 3.8) is 0 Å². The molecule has 0 saturated heterocycles. The third-order valence-corrected chi connectivity index (χ3v) is 3.56. The summed E-state index contributed by atoms with van der Waals surface area (Å²) in [5, 5.41) is 9.09. The van der Waals surface area contributed by atoms with Crippen molar-refractivity contribution in [2.24, 2.45) is 0 Å². The summed E-state index contributed by atoms with van der Waals surface area (Å²) >= 11 is 5.32. The van der Waals surface area contributed by atoms with Crippen molar-refractivity contribution in [3.05, 3.63) is 29.8 Å². The summed E-state index contributed by atoms with van der Waals surface area (Å²) in [5.41, 5.74) is 0.958. The summed E-state index contributed by atoms with van der Waals surface area (Å²) in [7, 11) is -3.80. The highest BCUT2D eigenvalue weighted by Crippen LogP contribution is 2.13. The number of aryl methyl sites for hydroxylation is 1. The second-order valence-corrected chi connectivity index (χ2v) is 5.28. The first-order chi connectivity index (χ1) is 7.45. The van der Waals surface area contributed by atoms with E-state index in [0.717, 1.165) is 5.56 Å². The molecule has 90 valence electrons. The van der Waals surface area contributed by atoms with Gasteiger partial charge < -0.3 is 5.11 Å². The average molecular weight is 265 g/mol. The molecule has 1 aromatic carbocycles. The highest BCUT2D eigenvalue weighted by Gasteiger charge is 2.16. The normalized spacial score (nSPS) is 13.7. The minimum Gasteiger partial charge on any atom is -0.389 e. The third kappa shape index (κ3) is 3.75. The van der Waals surface area contributed by atoms with E-state index in [2.05, 4.69) is 4.18 Å². The number of alkyl halides is 1. The predicted octanol–water partition coefficient (Wildman–Crippen LogP) is 1.30. The van der Waals surface area contributed by atoms with Gasteiger partial charge in [0, 0.05) is 0 Å². The van der Waals surface area contributed by atoms with E-state index in [1.165, 1.54) is 12.1 Å². The van der Waals surface area contributed by atoms with Gasteiger partial charge in [0.2, 0.25) is 0 Å². The smallest absolute Gasteiger partial charge is 0.297 e. The molecule has 0 bridgehead atoms. The van der Waals surface area contributed by atoms with E-state index in [4.69, 9.17) is 16.7 Å². The Morgan fingerprint density at radius 3 is 2.44 bits per heavy atom. The Balaban J connectivity index is 2.74. The topological polar surface area (TPSA) is 63.6 Å². The van der Waals surface area contributed by atoms with Gasteiger partial charge in [-0.3, -0.25) is 4.18 Å². The molecule has 4 nitrogen and oxygen atoms in total. The summed E-state index contributed by atoms with van der Waals surface area (Å²) in [5.74, 6) is -0.0661. The maximum Gasteiger partial charge on any atom is 0.297 e. The summed E-state index contributed by atoms with van der Waals surface area (Å²) in [6.07, 6.45) is -0.984. The van der Waals surface area contributed by atoms with Crippen molar-refractivity contribution in [1.29, 1.82) is 0 Å². The first-order valence-corrected chi connectivity index (χ1v) is 6.60. The van der Waals surface area contributed by atoms with Gasteiger partial charge in [-0.1, -0.05) is 17.7 Å². The van der Waals surface area contributed by atoms with E-state index in [1.54, 1.807) is 12.1 Å². The van der Waals surface area contributed by atoms with Gasteiger partial charge in [0.1, 0.15) is 0 Å². The lowest BCUT2D eigenvalue weighted by Gasteiger charge is -2.08. The van der Waals surface area contributed by atoms with Crippen LogP contribution in [-0.4, -0.2) is 32.1 Å². The van der Waals surface area contributed by atoms with Crippen molar-refractivity contribution in [1.82, 2.24) is 0 Å². The van der Waals surface area contributed by atoms with Crippen LogP contribution in [0.5, 0.6) is 0 Å². The third-order valence-electron chi connectivity index (χ3n) is 1.90. The molecule has 1 rings (SSSR count). The summed E-state index contributed by atoms with van der Waals surface area (Å²) in [4.78, 5) is 0.0693. The molecule has 0 spiro atoms. The van der Waals surface area contributed by atoms with E-state index in [0.29, 0.717) is 0 Å². The molecule has 0 radical (unpaired) electrons. The predicted molar refractivity (Wildman–Crippen MR) is 61.0 cm³/mol. The Morgan fingerprint density at radius 1 is 1.38 bits per heavy atom. The molecule has 0 heterocycles. The number of hydrogen-bond donors (Lipinski definition) is 1. The molecular formula is C10H13ClO4S. The maximum absolute atomic E-state index is 11.6. The monoisotopic (exact) mass is 264 g/mol. The van der Waals surface area contributed by atoms with Gasteiger partial charge in [-0.05, 0) is 19.1 Å². The van der Waals surface area contributed by atoms with E-state index < -0.39 is 16.2 Å². The lowest BCUT2D eigenvalue weighted by Crippen LogP contribution is -2.20. The standard InChI is InChI=1S/C10H13ClO4S/c1-8-2-4-10(5-3-8)16(13,14)15-7-9(12)6-11/h2-5,9,12H,6-7H2,1H3/t9-/m1/s1. The molecule has 1 N–H and O–H groups in total. The van der Waals surface area contributed by atoms with Crippen molar-refractivity contribution < 1.29 is 17.7 Å². The van der Waals surface area contributed by atoms with Gasteiger partial charge in [0.05, 0.1) is 23.5 Å². The van der Waals surface area contributed by atoms with Gasteiger partial charge in [0.25, 0.3) is 10.1 Å². The zero-order valence-electron chi connectivity index (χ0n) is 8.76. The van der Waals surface area contributed by atoms with Gasteiger partial charge in [-0.2, -0.15) is 8.42 Å². The highest BCUT2D eigenvalue weighted by atomic mass is 35.5. The van der Waals surface area contributed by atoms with Gasteiger partial charge >= 0.3 is 0 Å². The number of aliphatic hydroxyl groups excluding tert-OH is 1. The van der Waals surface area contributed by atoms with Crippen LogP contribution in [-0.2, 0) is 14.3 Å². The number of benzene rings is 1. The van der Waals surface area contributed by atoms with E-state index >= 15 is 0 Å². The molecule has 0 aliphatic heterocycles. The molecule has 0 saturated carbocycles. The average Bonchev–Trinajstić information content (AvgIpc) is 2.26. The Bertz CT molecular complexity index is 427. The van der Waals surface area contributed by atoms with Crippen molar-refractivity contribution in [3.8, 4) is 0 Å². The minimum atomic E-state index is -3.80. The molecule has 0 aliphatic rings. The minimum absolute atomic E-state index is 0.0661. The Hall–Kier alpha value is -0.620. The number of rotatable bonds is 5. The van der Waals surface area contributed by atoms with Crippen molar-refractivity contribution in [2.75, 3.05) is 12.5 Å². The molecule has 1 atom stereocenters. The summed E-state index contributed by atoms with van der Waals surface area (Å²) in [6, 6.07) is 6.26. The van der Waals surface area contributed by atoms with Crippen molar-refractivity contribution >= 4 is 21.7 Å². The Morgan fingerprint density at radius 2 is 1.94 bits per heavy atom. The van der Waals surface area contributed by atoms with Crippen LogP contribution in [0.2, 0.25) is 0 Å². The van der Waals surface area contributed by atoms with E-state index in [9.17, 15) is 8.42 Å². The molecule has 0 aromatic heterocycles. The number of hydrogen-bond acceptors (Lipinski definition) is 4. The quantitative estimate of drug-likeness (QED) is 0.643. The second kappa shape index (κ2) is 5.63. The van der Waals surface area contributed by atoms with Crippen LogP contribution in [0.25, 0.3) is 0 Å². The van der Waals surface area contributed by atoms with Gasteiger partial charge in [-0.15, -0.1) is 11.6 Å². The molecule has 1 aromatic rings. The maximum atomic E-state index is 11.6. The van der Waals surface area contributed by atoms with E-state index in [1.807, 2.05) is 6.92 Å². The van der Waals surface area contributed by atoms with Crippen LogP contribution in [0.15, 0.2) is 29.2 Å². The first-order valence-electron chi connectivity index (χ1n) is 4.66. The molecule has 0 amide bonds. The van der Waals surface area contributed by atoms with Gasteiger partial charge in [-0.25, -0.2) is 0 Å². The fraction of sp³-hybridized carbons (Fsp3) is 0.400. The lowest BCUT2D eigenvalue weighted by atomic mass is 10.2. The number of aliphatic hydroxyl groups is 1. The zero-order chi connectivity index (χ0) is 12.2. The van der Waals surface area contributed by atoms with Crippen LogP contribution >= 0.6 is 11.6 Å². The largest absolute Gasteiger partial charge is 0.389 e. The van der Waals surface area contributed by atoms with Crippen LogP contribution in [0.3, 0.4) is 0 Å². The first kappa shape index (κ1) is 13.4. The lowest BCUT2D eigenvalue weighted by molar-refractivity contribution is 0.128. The van der Waals surface area contributed by atoms with Crippen LogP contribution in [0.4, 0.5) is 0 Å². The Kier molecular flexibility index (Phi) is 4.73. The van der Waals surface area contributed by atoms with Gasteiger partial charge in [0.15, 0.2) is 0 Å². The Labute approximate surface area is 99.9 Å². The molecule has 0 unspecified atom stereocenters.